The molecule has 0 radical (unpaired) electrons. The molecule has 0 saturated heterocycles. The lowest BCUT2D eigenvalue weighted by molar-refractivity contribution is 0.243. The van der Waals surface area contributed by atoms with Crippen molar-refractivity contribution in [3.05, 3.63) is 72.5 Å². The number of nitrogens with one attached hydrogen (secondary N) is 2. The number of amides is 2. The predicted molar refractivity (Wildman–Crippen MR) is 74.9 cm³/mol. The highest BCUT2D eigenvalue weighted by molar-refractivity contribution is 5.76. The van der Waals surface area contributed by atoms with Crippen LogP contribution in [0.3, 0.4) is 0 Å². The summed E-state index contributed by atoms with van der Waals surface area (Å²) in [4.78, 5) is 11.5. The molecule has 1 rings (SSSR count). The number of carbonyl (C=O) groups is 1. The number of hydrogen-bond donors (Lipinski definition) is 2. The lowest BCUT2D eigenvalue weighted by atomic mass is 10.2. The van der Waals surface area contributed by atoms with E-state index in [4.69, 9.17) is 0 Å². The molecule has 94 valence electrons. The SMILES string of the molecule is C=C(C)/C=C\C(=C)NC(=O)NCc1ccccc1. The second-order valence-electron chi connectivity index (χ2n) is 4.00. The first kappa shape index (κ1) is 13.8. The molecule has 0 aliphatic rings. The third kappa shape index (κ3) is 5.70. The molecule has 0 saturated carbocycles. The van der Waals surface area contributed by atoms with Crippen molar-refractivity contribution in [3.63, 3.8) is 0 Å². The summed E-state index contributed by atoms with van der Waals surface area (Å²) in [5.41, 5.74) is 2.49. The second-order valence-corrected chi connectivity index (χ2v) is 4.00. The van der Waals surface area contributed by atoms with E-state index in [0.29, 0.717) is 12.2 Å². The third-order valence-corrected chi connectivity index (χ3v) is 2.14. The van der Waals surface area contributed by atoms with Crippen LogP contribution in [0.25, 0.3) is 0 Å². The van der Waals surface area contributed by atoms with Crippen molar-refractivity contribution in [1.82, 2.24) is 10.6 Å². The normalized spacial score (nSPS) is 10.1. The van der Waals surface area contributed by atoms with Gasteiger partial charge in [0.2, 0.25) is 0 Å². The van der Waals surface area contributed by atoms with Gasteiger partial charge in [-0.1, -0.05) is 55.1 Å². The summed E-state index contributed by atoms with van der Waals surface area (Å²) in [6.07, 6.45) is 3.50. The molecule has 2 N–H and O–H groups in total. The van der Waals surface area contributed by atoms with Gasteiger partial charge in [-0.15, -0.1) is 0 Å². The largest absolute Gasteiger partial charge is 0.334 e. The zero-order chi connectivity index (χ0) is 13.4. The van der Waals surface area contributed by atoms with Gasteiger partial charge in [0, 0.05) is 12.2 Å². The summed E-state index contributed by atoms with van der Waals surface area (Å²) in [6, 6.07) is 9.45. The minimum Gasteiger partial charge on any atom is -0.334 e. The Labute approximate surface area is 108 Å². The summed E-state index contributed by atoms with van der Waals surface area (Å²) in [5.74, 6) is 0. The molecule has 1 aromatic carbocycles. The van der Waals surface area contributed by atoms with Crippen molar-refractivity contribution in [2.75, 3.05) is 0 Å². The molecule has 3 nitrogen and oxygen atoms in total. The number of allylic oxidation sites excluding steroid dienone is 3. The number of benzene rings is 1. The lowest BCUT2D eigenvalue weighted by Gasteiger charge is -2.07. The topological polar surface area (TPSA) is 41.1 Å². The first-order valence-corrected chi connectivity index (χ1v) is 5.69. The standard InChI is InChI=1S/C15H18N2O/c1-12(2)9-10-13(3)17-15(18)16-11-14-7-5-4-6-8-14/h4-10H,1,3,11H2,2H3,(H2,16,17,18)/b10-9-. The van der Waals surface area contributed by atoms with E-state index in [9.17, 15) is 4.79 Å². The minimum atomic E-state index is -0.268. The smallest absolute Gasteiger partial charge is 0.319 e. The third-order valence-electron chi connectivity index (χ3n) is 2.14. The highest BCUT2D eigenvalue weighted by Crippen LogP contribution is 1.97. The molecule has 2 amide bonds. The summed E-state index contributed by atoms with van der Waals surface area (Å²) >= 11 is 0. The monoisotopic (exact) mass is 242 g/mol. The van der Waals surface area contributed by atoms with Crippen LogP contribution in [0.2, 0.25) is 0 Å². The van der Waals surface area contributed by atoms with Gasteiger partial charge in [0.1, 0.15) is 0 Å². The van der Waals surface area contributed by atoms with Crippen molar-refractivity contribution in [1.29, 1.82) is 0 Å². The summed E-state index contributed by atoms with van der Waals surface area (Å²) < 4.78 is 0. The van der Waals surface area contributed by atoms with Crippen molar-refractivity contribution < 1.29 is 4.79 Å². The van der Waals surface area contributed by atoms with E-state index in [2.05, 4.69) is 23.8 Å². The van der Waals surface area contributed by atoms with Crippen LogP contribution in [0, 0.1) is 0 Å². The quantitative estimate of drug-likeness (QED) is 0.765. The number of carbonyl (C=O) groups excluding carboxylic acids is 1. The molecule has 0 bridgehead atoms. The van der Waals surface area contributed by atoms with E-state index in [1.165, 1.54) is 0 Å². The Kier molecular flexibility index (Phi) is 5.45. The molecule has 0 unspecified atom stereocenters. The fraction of sp³-hybridized carbons (Fsp3) is 0.133. The van der Waals surface area contributed by atoms with Crippen LogP contribution < -0.4 is 10.6 Å². The molecular formula is C15H18N2O. The van der Waals surface area contributed by atoms with Gasteiger partial charge < -0.3 is 10.6 Å². The van der Waals surface area contributed by atoms with E-state index in [-0.39, 0.29) is 6.03 Å². The van der Waals surface area contributed by atoms with Crippen LogP contribution in [0.1, 0.15) is 12.5 Å². The number of rotatable bonds is 5. The fourth-order valence-corrected chi connectivity index (χ4v) is 1.25. The summed E-state index contributed by atoms with van der Waals surface area (Å²) in [6.45, 7) is 9.81. The molecule has 0 aliphatic carbocycles. The van der Waals surface area contributed by atoms with E-state index < -0.39 is 0 Å². The van der Waals surface area contributed by atoms with Crippen LogP contribution >= 0.6 is 0 Å². The predicted octanol–water partition coefficient (Wildman–Crippen LogP) is 3.13. The number of urea groups is 1. The maximum absolute atomic E-state index is 11.5. The van der Waals surface area contributed by atoms with Gasteiger partial charge in [-0.25, -0.2) is 4.79 Å². The maximum atomic E-state index is 11.5. The molecule has 0 atom stereocenters. The Bertz CT molecular complexity index is 461. The molecule has 0 fully saturated rings. The highest BCUT2D eigenvalue weighted by atomic mass is 16.2. The Balaban J connectivity index is 2.34. The van der Waals surface area contributed by atoms with Crippen LogP contribution in [0.15, 0.2) is 66.9 Å². The van der Waals surface area contributed by atoms with Crippen molar-refractivity contribution >= 4 is 6.03 Å². The number of hydrogen-bond acceptors (Lipinski definition) is 1. The zero-order valence-corrected chi connectivity index (χ0v) is 10.6. The van der Waals surface area contributed by atoms with E-state index >= 15 is 0 Å². The molecule has 0 aromatic heterocycles. The highest BCUT2D eigenvalue weighted by Gasteiger charge is 1.99. The first-order valence-electron chi connectivity index (χ1n) is 5.69. The zero-order valence-electron chi connectivity index (χ0n) is 10.6. The molecular weight excluding hydrogens is 224 g/mol. The molecule has 0 aliphatic heterocycles. The Morgan fingerprint density at radius 3 is 2.50 bits per heavy atom. The van der Waals surface area contributed by atoms with Crippen molar-refractivity contribution in [3.8, 4) is 0 Å². The van der Waals surface area contributed by atoms with Crippen LogP contribution in [0.4, 0.5) is 4.79 Å². The Morgan fingerprint density at radius 1 is 1.22 bits per heavy atom. The second kappa shape index (κ2) is 7.12. The van der Waals surface area contributed by atoms with Gasteiger partial charge in [0.25, 0.3) is 0 Å². The average molecular weight is 242 g/mol. The molecule has 3 heteroatoms. The van der Waals surface area contributed by atoms with Gasteiger partial charge in [-0.3, -0.25) is 0 Å². The average Bonchev–Trinajstić information content (AvgIpc) is 2.35. The molecule has 0 heterocycles. The van der Waals surface area contributed by atoms with Gasteiger partial charge in [0.05, 0.1) is 0 Å². The van der Waals surface area contributed by atoms with Gasteiger partial charge in [0.15, 0.2) is 0 Å². The van der Waals surface area contributed by atoms with E-state index in [0.717, 1.165) is 11.1 Å². The molecule has 18 heavy (non-hydrogen) atoms. The lowest BCUT2D eigenvalue weighted by Crippen LogP contribution is -2.33. The fourth-order valence-electron chi connectivity index (χ4n) is 1.25. The first-order chi connectivity index (χ1) is 8.58. The van der Waals surface area contributed by atoms with Crippen molar-refractivity contribution in [2.24, 2.45) is 0 Å². The van der Waals surface area contributed by atoms with Gasteiger partial charge in [-0.2, -0.15) is 0 Å². The summed E-state index contributed by atoms with van der Waals surface area (Å²) in [7, 11) is 0. The Hall–Kier alpha value is -2.29. The van der Waals surface area contributed by atoms with Crippen molar-refractivity contribution in [2.45, 2.75) is 13.5 Å². The van der Waals surface area contributed by atoms with Gasteiger partial charge >= 0.3 is 6.03 Å². The van der Waals surface area contributed by atoms with Crippen LogP contribution in [0.5, 0.6) is 0 Å². The minimum absolute atomic E-state index is 0.268. The maximum Gasteiger partial charge on any atom is 0.319 e. The Morgan fingerprint density at radius 2 is 1.89 bits per heavy atom. The summed E-state index contributed by atoms with van der Waals surface area (Å²) in [5, 5.41) is 5.38. The van der Waals surface area contributed by atoms with Crippen LogP contribution in [-0.4, -0.2) is 6.03 Å². The van der Waals surface area contributed by atoms with Gasteiger partial charge in [-0.05, 0) is 18.6 Å². The van der Waals surface area contributed by atoms with E-state index in [1.54, 1.807) is 12.2 Å². The van der Waals surface area contributed by atoms with E-state index in [1.807, 2.05) is 37.3 Å². The molecule has 0 spiro atoms. The van der Waals surface area contributed by atoms with Crippen LogP contribution in [-0.2, 0) is 6.54 Å². The molecule has 1 aromatic rings.